The van der Waals surface area contributed by atoms with Crippen molar-refractivity contribution in [2.24, 2.45) is 0 Å². The molecule has 3 nitrogen and oxygen atoms in total. The van der Waals surface area contributed by atoms with Crippen molar-refractivity contribution in [2.45, 2.75) is 45.8 Å². The van der Waals surface area contributed by atoms with Gasteiger partial charge in [0.1, 0.15) is 6.17 Å². The monoisotopic (exact) mass is 252 g/mol. The highest BCUT2D eigenvalue weighted by Gasteiger charge is 2.38. The van der Waals surface area contributed by atoms with E-state index in [9.17, 15) is 4.79 Å². The number of aryl methyl sites for hydroxylation is 1. The average Bonchev–Trinajstić information content (AvgIpc) is 2.85. The molecule has 1 saturated heterocycles. The van der Waals surface area contributed by atoms with Crippen molar-refractivity contribution in [3.8, 4) is 0 Å². The van der Waals surface area contributed by atoms with Gasteiger partial charge in [0.15, 0.2) is 0 Å². The first kappa shape index (κ1) is 12.6. The van der Waals surface area contributed by atoms with Crippen LogP contribution in [0.25, 0.3) is 0 Å². The van der Waals surface area contributed by atoms with Gasteiger partial charge in [-0.1, -0.05) is 13.3 Å². The van der Waals surface area contributed by atoms with Crippen LogP contribution in [-0.4, -0.2) is 23.4 Å². The van der Waals surface area contributed by atoms with Crippen LogP contribution in [0, 0.1) is 6.92 Å². The van der Waals surface area contributed by atoms with E-state index in [0.29, 0.717) is 0 Å². The van der Waals surface area contributed by atoms with Gasteiger partial charge in [-0.15, -0.1) is 11.3 Å². The van der Waals surface area contributed by atoms with Crippen LogP contribution in [0.15, 0.2) is 12.1 Å². The smallest absolute Gasteiger partial charge is 0.241 e. The van der Waals surface area contributed by atoms with Gasteiger partial charge in [0.25, 0.3) is 0 Å². The number of rotatable bonds is 4. The van der Waals surface area contributed by atoms with E-state index >= 15 is 0 Å². The zero-order valence-corrected chi connectivity index (χ0v) is 11.5. The molecule has 17 heavy (non-hydrogen) atoms. The number of carbonyl (C=O) groups excluding carboxylic acids is 1. The summed E-state index contributed by atoms with van der Waals surface area (Å²) in [7, 11) is 0. The lowest BCUT2D eigenvalue weighted by Crippen LogP contribution is -2.30. The van der Waals surface area contributed by atoms with E-state index < -0.39 is 0 Å². The van der Waals surface area contributed by atoms with Crippen molar-refractivity contribution in [3.05, 3.63) is 21.9 Å². The molecule has 0 spiro atoms. The SMILES string of the molecule is CCCC1NC(c2ccc(C)s2)N(CC)C1=O. The standard InChI is InChI=1S/C13H20N2OS/c1-4-6-10-13(16)15(5-2)12(14-10)11-8-7-9(3)17-11/h7-8,10,12,14H,4-6H2,1-3H3. The highest BCUT2D eigenvalue weighted by atomic mass is 32.1. The molecule has 1 fully saturated rings. The number of amides is 1. The Kier molecular flexibility index (Phi) is 3.84. The molecule has 1 aromatic rings. The molecule has 4 heteroatoms. The molecule has 0 bridgehead atoms. The molecular weight excluding hydrogens is 232 g/mol. The van der Waals surface area contributed by atoms with E-state index in [1.807, 2.05) is 11.8 Å². The minimum absolute atomic E-state index is 0.00681. The lowest BCUT2D eigenvalue weighted by atomic mass is 10.2. The second-order valence-electron chi connectivity index (χ2n) is 4.48. The van der Waals surface area contributed by atoms with Crippen molar-refractivity contribution in [1.29, 1.82) is 0 Å². The number of nitrogens with one attached hydrogen (secondary N) is 1. The third-order valence-electron chi connectivity index (χ3n) is 3.20. The first-order valence-electron chi connectivity index (χ1n) is 6.30. The third-order valence-corrected chi connectivity index (χ3v) is 4.25. The summed E-state index contributed by atoms with van der Waals surface area (Å²) in [6, 6.07) is 4.25. The van der Waals surface area contributed by atoms with Crippen LogP contribution in [0.2, 0.25) is 0 Å². The van der Waals surface area contributed by atoms with Crippen LogP contribution >= 0.6 is 11.3 Å². The van der Waals surface area contributed by atoms with E-state index in [2.05, 4.69) is 31.3 Å². The molecule has 0 aromatic carbocycles. The minimum atomic E-state index is 0.00681. The molecule has 2 atom stereocenters. The quantitative estimate of drug-likeness (QED) is 0.893. The number of hydrogen-bond acceptors (Lipinski definition) is 3. The Labute approximate surface area is 107 Å². The van der Waals surface area contributed by atoms with Gasteiger partial charge in [0.2, 0.25) is 5.91 Å². The second kappa shape index (κ2) is 5.19. The number of hydrogen-bond donors (Lipinski definition) is 1. The Hall–Kier alpha value is -0.870. The van der Waals surface area contributed by atoms with Crippen molar-refractivity contribution < 1.29 is 4.79 Å². The van der Waals surface area contributed by atoms with Gasteiger partial charge < -0.3 is 4.90 Å². The highest BCUT2D eigenvalue weighted by Crippen LogP contribution is 2.31. The lowest BCUT2D eigenvalue weighted by molar-refractivity contribution is -0.130. The maximum absolute atomic E-state index is 12.2. The Morgan fingerprint density at radius 1 is 1.41 bits per heavy atom. The summed E-state index contributed by atoms with van der Waals surface area (Å²) >= 11 is 1.77. The average molecular weight is 252 g/mol. The van der Waals surface area contributed by atoms with Gasteiger partial charge in [-0.3, -0.25) is 10.1 Å². The highest BCUT2D eigenvalue weighted by molar-refractivity contribution is 7.12. The van der Waals surface area contributed by atoms with Crippen LogP contribution in [0.4, 0.5) is 0 Å². The van der Waals surface area contributed by atoms with Crippen LogP contribution in [0.5, 0.6) is 0 Å². The molecule has 2 rings (SSSR count). The van der Waals surface area contributed by atoms with Crippen molar-refractivity contribution >= 4 is 17.2 Å². The first-order chi connectivity index (χ1) is 8.17. The predicted molar refractivity (Wildman–Crippen MR) is 71.0 cm³/mol. The Balaban J connectivity index is 2.19. The van der Waals surface area contributed by atoms with Crippen molar-refractivity contribution in [2.75, 3.05) is 6.54 Å². The zero-order valence-electron chi connectivity index (χ0n) is 10.7. The number of thiophene rings is 1. The van der Waals surface area contributed by atoms with E-state index in [-0.39, 0.29) is 18.1 Å². The van der Waals surface area contributed by atoms with Crippen molar-refractivity contribution in [1.82, 2.24) is 10.2 Å². The summed E-state index contributed by atoms with van der Waals surface area (Å²) in [5.74, 6) is 0.255. The van der Waals surface area contributed by atoms with Crippen molar-refractivity contribution in [3.63, 3.8) is 0 Å². The molecule has 1 amide bonds. The molecule has 1 N–H and O–H groups in total. The third kappa shape index (κ3) is 2.38. The topological polar surface area (TPSA) is 32.3 Å². The van der Waals surface area contributed by atoms with Gasteiger partial charge in [-0.2, -0.15) is 0 Å². The van der Waals surface area contributed by atoms with Crippen LogP contribution in [0.1, 0.15) is 42.6 Å². The number of likely N-dealkylation sites (N-methyl/N-ethyl adjacent to an activating group) is 1. The molecule has 1 aromatic heterocycles. The molecule has 0 saturated carbocycles. The number of carbonyl (C=O) groups is 1. The maximum atomic E-state index is 12.2. The Bertz CT molecular complexity index is 402. The molecule has 1 aliphatic heterocycles. The molecule has 2 heterocycles. The molecule has 1 aliphatic rings. The molecule has 2 unspecified atom stereocenters. The summed E-state index contributed by atoms with van der Waals surface area (Å²) in [4.78, 5) is 16.7. The minimum Gasteiger partial charge on any atom is -0.321 e. The van der Waals surface area contributed by atoms with Crippen LogP contribution < -0.4 is 5.32 Å². The summed E-state index contributed by atoms with van der Waals surface area (Å²) in [6.07, 6.45) is 2.05. The van der Waals surface area contributed by atoms with E-state index in [1.54, 1.807) is 11.3 Å². The Morgan fingerprint density at radius 3 is 2.71 bits per heavy atom. The fourth-order valence-electron chi connectivity index (χ4n) is 2.35. The molecule has 0 radical (unpaired) electrons. The van der Waals surface area contributed by atoms with Crippen LogP contribution in [-0.2, 0) is 4.79 Å². The number of nitrogens with zero attached hydrogens (tertiary/aromatic N) is 1. The summed E-state index contributed by atoms with van der Waals surface area (Å²) < 4.78 is 0. The lowest BCUT2D eigenvalue weighted by Gasteiger charge is -2.21. The maximum Gasteiger partial charge on any atom is 0.241 e. The molecular formula is C13H20N2OS. The summed E-state index contributed by atoms with van der Waals surface area (Å²) in [5, 5.41) is 3.46. The van der Waals surface area contributed by atoms with Gasteiger partial charge in [0.05, 0.1) is 6.04 Å². The van der Waals surface area contributed by atoms with Gasteiger partial charge in [0, 0.05) is 16.3 Å². The van der Waals surface area contributed by atoms with E-state index in [1.165, 1.54) is 9.75 Å². The largest absolute Gasteiger partial charge is 0.321 e. The van der Waals surface area contributed by atoms with Gasteiger partial charge in [-0.05, 0) is 32.4 Å². The Morgan fingerprint density at radius 2 is 2.18 bits per heavy atom. The first-order valence-corrected chi connectivity index (χ1v) is 7.11. The van der Waals surface area contributed by atoms with Gasteiger partial charge in [-0.25, -0.2) is 0 Å². The summed E-state index contributed by atoms with van der Waals surface area (Å²) in [5.41, 5.74) is 0. The van der Waals surface area contributed by atoms with E-state index in [4.69, 9.17) is 0 Å². The zero-order chi connectivity index (χ0) is 12.4. The summed E-state index contributed by atoms with van der Waals surface area (Å²) in [6.45, 7) is 7.04. The molecule has 0 aliphatic carbocycles. The molecule has 94 valence electrons. The normalized spacial score (nSPS) is 24.6. The second-order valence-corrected chi connectivity index (χ2v) is 5.80. The van der Waals surface area contributed by atoms with E-state index in [0.717, 1.165) is 19.4 Å². The predicted octanol–water partition coefficient (Wildman–Crippen LogP) is 2.68. The fourth-order valence-corrected chi connectivity index (χ4v) is 3.30. The van der Waals surface area contributed by atoms with Gasteiger partial charge >= 0.3 is 0 Å². The van der Waals surface area contributed by atoms with Crippen LogP contribution in [0.3, 0.4) is 0 Å². The fraction of sp³-hybridized carbons (Fsp3) is 0.615.